The van der Waals surface area contributed by atoms with Crippen LogP contribution in [0.3, 0.4) is 0 Å². The van der Waals surface area contributed by atoms with E-state index >= 15 is 0 Å². The summed E-state index contributed by atoms with van der Waals surface area (Å²) in [6.45, 7) is 18.6. The molecule has 0 bridgehead atoms. The number of ether oxygens (including phenoxy) is 2. The predicted octanol–water partition coefficient (Wildman–Crippen LogP) is 18.5. The third-order valence-electron chi connectivity index (χ3n) is 21.5. The average molecular weight is 1750 g/mol. The van der Waals surface area contributed by atoms with E-state index in [4.69, 9.17) is 35.1 Å². The highest BCUT2D eigenvalue weighted by Crippen LogP contribution is 2.28. The Morgan fingerprint density at radius 1 is 0.326 bits per heavy atom. The molecule has 28 heteroatoms. The van der Waals surface area contributed by atoms with Crippen molar-refractivity contribution in [3.8, 4) is 22.6 Å². The number of hydrogen-bond acceptors (Lipinski definition) is 20. The SMILES string of the molecule is CCCCCC(=O)Nc1cccc(CN(Cc2cc(CN(Cc3cccc(NC(=O)CCCCC)n3)Cc3ncc[nH]3)cc(OCCCCN)c2)Cc2ncc[nH]2)n1.CCCCCC(=O)Nc1cccc(CN(Cc2cc(CN(Cc3cccc(NC(=O)CCCCC)n3)Cc3ncc[nH]3)cc(OCCCCNCc3ccc(-c4ccccc4)cc3)c2)Cc2ncc[nH]2)n1. The standard InChI is InChI=1S/C57H71N11O3.C44H61N11O3/c1-3-5-8-22-56(69)65-52-20-14-18-49(63-52)40-67(42-54-59-29-30-60-54)38-45-34-46(36-51(35-45)71-33-13-12-28-58-37-44-24-26-48(27-25-44)47-16-10-7-11-17-47)39-68(43-55-61-31-32-62-55)41-50-19-15-21-53(64-50)66-57(70)23-9-6-4-2;1-3-5-7-17-43(56)52-39-15-11-13-36(50-39)30-54(32-41-46-20-21-47-41)28-34-25-35(27-38(26-34)58-24-10-9-19-45)29-55(33-42-48-22-23-49-42)31-37-14-12-16-40(51-37)53-44(57)18-8-6-4-2/h7,10-11,14-21,24-27,29-32,34-36,58H,3-6,8-9,12-13,22-23,28,33,37-43H2,1-2H3,(H,59,60)(H,61,62)(H,63,65,69)(H,64,66,70);11-16,20-23,25-27H,3-10,17-19,24,28-33,45H2,1-2H3,(H,46,47)(H,48,49)(H,50,52,56)(H,51,53,57). The first-order chi connectivity index (χ1) is 63.2. The number of aromatic nitrogens is 12. The van der Waals surface area contributed by atoms with Gasteiger partial charge < -0.3 is 61.7 Å². The van der Waals surface area contributed by atoms with Gasteiger partial charge in [0.25, 0.3) is 0 Å². The lowest BCUT2D eigenvalue weighted by atomic mass is 10.0. The van der Waals surface area contributed by atoms with Crippen molar-refractivity contribution in [2.45, 2.75) is 241 Å². The zero-order valence-electron chi connectivity index (χ0n) is 75.8. The van der Waals surface area contributed by atoms with Gasteiger partial charge in [-0.15, -0.1) is 0 Å². The Hall–Kier alpha value is -12.4. The molecule has 12 aromatic rings. The van der Waals surface area contributed by atoms with Crippen molar-refractivity contribution in [2.75, 3.05) is 47.6 Å². The fraction of sp³-hybridized carbons (Fsp3) is 0.406. The molecule has 129 heavy (non-hydrogen) atoms. The molecule has 0 unspecified atom stereocenters. The highest BCUT2D eigenvalue weighted by molar-refractivity contribution is 5.91. The van der Waals surface area contributed by atoms with Crippen LogP contribution in [-0.2, 0) is 104 Å². The number of nitrogens with one attached hydrogen (secondary N) is 9. The van der Waals surface area contributed by atoms with Crippen LogP contribution in [0.5, 0.6) is 11.5 Å². The first-order valence-electron chi connectivity index (χ1n) is 46.2. The molecule has 4 amide bonds. The number of imidazole rings is 4. The summed E-state index contributed by atoms with van der Waals surface area (Å²) in [6.07, 6.45) is 31.7. The minimum absolute atomic E-state index is 0.0181. The van der Waals surface area contributed by atoms with Gasteiger partial charge in [0.05, 0.1) is 62.2 Å². The first kappa shape index (κ1) is 97.2. The van der Waals surface area contributed by atoms with Gasteiger partial charge >= 0.3 is 0 Å². The Bertz CT molecular complexity index is 4930. The number of nitrogens with zero attached hydrogens (tertiary/aromatic N) is 12. The molecular formula is C101H132N22O6. The maximum absolute atomic E-state index is 12.7. The molecule has 0 atom stereocenters. The van der Waals surface area contributed by atoms with E-state index in [9.17, 15) is 19.2 Å². The van der Waals surface area contributed by atoms with E-state index in [1.165, 1.54) is 16.7 Å². The fourth-order valence-electron chi connectivity index (χ4n) is 15.2. The second-order valence-electron chi connectivity index (χ2n) is 32.9. The summed E-state index contributed by atoms with van der Waals surface area (Å²) in [4.78, 5) is 110. The average Bonchev–Trinajstić information content (AvgIpc) is 1.57. The lowest BCUT2D eigenvalue weighted by Gasteiger charge is -2.24. The minimum atomic E-state index is -0.0182. The third kappa shape index (κ3) is 36.7. The molecule has 11 N–H and O–H groups in total. The van der Waals surface area contributed by atoms with Crippen molar-refractivity contribution >= 4 is 46.9 Å². The van der Waals surface area contributed by atoms with Crippen LogP contribution in [0.25, 0.3) is 11.1 Å². The van der Waals surface area contributed by atoms with Crippen LogP contribution in [-0.4, -0.2) is 129 Å². The van der Waals surface area contributed by atoms with Gasteiger partial charge in [-0.1, -0.05) is 170 Å². The third-order valence-corrected chi connectivity index (χ3v) is 21.5. The van der Waals surface area contributed by atoms with Gasteiger partial charge in [-0.05, 0) is 176 Å². The molecule has 0 aliphatic heterocycles. The topological polar surface area (TPSA) is 352 Å². The molecule has 12 rings (SSSR count). The van der Waals surface area contributed by atoms with E-state index in [0.29, 0.717) is 147 Å². The lowest BCUT2D eigenvalue weighted by molar-refractivity contribution is -0.117. The molecule has 28 nitrogen and oxygen atoms in total. The van der Waals surface area contributed by atoms with E-state index in [2.05, 4.69) is 199 Å². The van der Waals surface area contributed by atoms with Gasteiger partial charge in [-0.2, -0.15) is 0 Å². The van der Waals surface area contributed by atoms with Crippen molar-refractivity contribution < 1.29 is 28.7 Å². The van der Waals surface area contributed by atoms with E-state index in [1.807, 2.05) is 104 Å². The molecule has 0 fully saturated rings. The summed E-state index contributed by atoms with van der Waals surface area (Å²) in [5, 5.41) is 15.6. The minimum Gasteiger partial charge on any atom is -0.494 e. The zero-order valence-corrected chi connectivity index (χ0v) is 75.8. The summed E-state index contributed by atoms with van der Waals surface area (Å²) in [5.41, 5.74) is 17.1. The molecule has 8 heterocycles. The summed E-state index contributed by atoms with van der Waals surface area (Å²) in [7, 11) is 0. The number of aromatic amines is 4. The maximum atomic E-state index is 12.7. The number of hydrogen-bond donors (Lipinski definition) is 10. The molecule has 0 spiro atoms. The number of H-pyrrole nitrogens is 4. The number of amides is 4. The van der Waals surface area contributed by atoms with Gasteiger partial charge in [-0.3, -0.25) is 38.8 Å². The van der Waals surface area contributed by atoms with Crippen LogP contribution in [0, 0.1) is 0 Å². The Balaban J connectivity index is 0.000000255. The van der Waals surface area contributed by atoms with Crippen LogP contribution in [0.1, 0.15) is 230 Å². The Kier molecular flexibility index (Phi) is 41.7. The number of pyridine rings is 4. The Morgan fingerprint density at radius 3 is 0.946 bits per heavy atom. The normalized spacial score (nSPS) is 11.3. The van der Waals surface area contributed by atoms with E-state index in [0.717, 1.165) is 196 Å². The molecule has 0 saturated heterocycles. The number of nitrogens with two attached hydrogens (primary N) is 1. The van der Waals surface area contributed by atoms with Crippen LogP contribution < -0.4 is 41.8 Å². The van der Waals surface area contributed by atoms with Crippen molar-refractivity contribution in [2.24, 2.45) is 5.73 Å². The zero-order chi connectivity index (χ0) is 90.1. The largest absolute Gasteiger partial charge is 0.494 e. The molecule has 0 saturated carbocycles. The van der Waals surface area contributed by atoms with Crippen LogP contribution in [0.4, 0.5) is 23.3 Å². The number of benzene rings is 4. The highest BCUT2D eigenvalue weighted by atomic mass is 16.5. The van der Waals surface area contributed by atoms with Crippen LogP contribution in [0.15, 0.2) is 213 Å². The van der Waals surface area contributed by atoms with Gasteiger partial charge in [0.2, 0.25) is 23.6 Å². The van der Waals surface area contributed by atoms with E-state index in [-0.39, 0.29) is 23.6 Å². The number of anilines is 4. The second kappa shape index (κ2) is 55.3. The number of carbonyl (C=O) groups excluding carboxylic acids is 4. The molecule has 682 valence electrons. The smallest absolute Gasteiger partial charge is 0.225 e. The first-order valence-corrected chi connectivity index (χ1v) is 46.2. The lowest BCUT2D eigenvalue weighted by Crippen LogP contribution is -2.25. The Labute approximate surface area is 760 Å². The summed E-state index contributed by atoms with van der Waals surface area (Å²) >= 11 is 0. The number of unbranched alkanes of at least 4 members (excludes halogenated alkanes) is 10. The van der Waals surface area contributed by atoms with Gasteiger partial charge in [0.1, 0.15) is 58.1 Å². The van der Waals surface area contributed by atoms with Gasteiger partial charge in [-0.25, -0.2) is 39.9 Å². The highest BCUT2D eigenvalue weighted by Gasteiger charge is 2.21. The van der Waals surface area contributed by atoms with Crippen molar-refractivity contribution in [1.29, 1.82) is 0 Å². The number of rotatable bonds is 58. The van der Waals surface area contributed by atoms with Crippen molar-refractivity contribution in [1.82, 2.24) is 84.7 Å². The monoisotopic (exact) mass is 1750 g/mol. The Morgan fingerprint density at radius 2 is 0.643 bits per heavy atom. The summed E-state index contributed by atoms with van der Waals surface area (Å²) in [6, 6.07) is 55.3. The summed E-state index contributed by atoms with van der Waals surface area (Å²) < 4.78 is 12.9. The molecule has 8 aromatic heterocycles. The van der Waals surface area contributed by atoms with Crippen molar-refractivity contribution in [3.63, 3.8) is 0 Å². The van der Waals surface area contributed by atoms with Crippen LogP contribution in [0.2, 0.25) is 0 Å². The predicted molar refractivity (Wildman–Crippen MR) is 509 cm³/mol. The molecule has 0 radical (unpaired) electrons. The van der Waals surface area contributed by atoms with Gasteiger partial charge in [0.15, 0.2) is 0 Å². The van der Waals surface area contributed by atoms with E-state index < -0.39 is 0 Å². The molecule has 0 aliphatic carbocycles. The summed E-state index contributed by atoms with van der Waals surface area (Å²) in [5.74, 6) is 7.09. The van der Waals surface area contributed by atoms with Crippen LogP contribution >= 0.6 is 0 Å². The maximum Gasteiger partial charge on any atom is 0.225 e. The molecular weight excluding hydrogens is 1620 g/mol. The quantitative estimate of drug-likeness (QED) is 0.0158. The molecule has 4 aromatic carbocycles. The fourth-order valence-corrected chi connectivity index (χ4v) is 15.2. The second-order valence-corrected chi connectivity index (χ2v) is 32.9. The van der Waals surface area contributed by atoms with E-state index in [1.54, 1.807) is 24.8 Å². The van der Waals surface area contributed by atoms with Gasteiger partial charge in [0, 0.05) is 134 Å². The number of carbonyl (C=O) groups is 4. The van der Waals surface area contributed by atoms with Crippen molar-refractivity contribution in [3.05, 3.63) is 287 Å². The molecule has 0 aliphatic rings.